The van der Waals surface area contributed by atoms with Crippen molar-refractivity contribution >= 4 is 5.69 Å². The first-order valence-corrected chi connectivity index (χ1v) is 7.82. The molecule has 0 fully saturated rings. The number of benzene rings is 2. The molecular formula is C21H22N2. The topological polar surface area (TPSA) is 27.0 Å². The Balaban J connectivity index is 2.23. The van der Waals surface area contributed by atoms with Crippen LogP contribution in [0.1, 0.15) is 12.5 Å². The quantitative estimate of drug-likeness (QED) is 0.556. The van der Waals surface area contributed by atoms with Crippen molar-refractivity contribution in [1.82, 2.24) is 0 Å². The third-order valence-corrected chi connectivity index (χ3v) is 3.75. The van der Waals surface area contributed by atoms with Crippen molar-refractivity contribution in [2.75, 3.05) is 11.9 Å². The summed E-state index contributed by atoms with van der Waals surface area (Å²) in [6.07, 6.45) is 7.11. The molecule has 23 heavy (non-hydrogen) atoms. The minimum atomic E-state index is 0.197. The Morgan fingerprint density at radius 1 is 1.09 bits per heavy atom. The highest BCUT2D eigenvalue weighted by Gasteiger charge is 2.10. The Bertz CT molecular complexity index is 694. The summed E-state index contributed by atoms with van der Waals surface area (Å²) in [5.74, 6) is 0.197. The second-order valence-electron chi connectivity index (χ2n) is 5.44. The van der Waals surface area contributed by atoms with E-state index in [4.69, 9.17) is 0 Å². The van der Waals surface area contributed by atoms with Crippen molar-refractivity contribution in [2.45, 2.75) is 13.3 Å². The normalized spacial score (nSPS) is 12.8. The van der Waals surface area contributed by atoms with Gasteiger partial charge in [-0.3, -0.25) is 0 Å². The monoisotopic (exact) mass is 302 g/mol. The lowest BCUT2D eigenvalue weighted by Crippen LogP contribution is -2.16. The maximum atomic E-state index is 9.56. The van der Waals surface area contributed by atoms with Gasteiger partial charge in [-0.05, 0) is 37.1 Å². The van der Waals surface area contributed by atoms with Crippen molar-refractivity contribution < 1.29 is 0 Å². The van der Waals surface area contributed by atoms with Crippen molar-refractivity contribution in [2.24, 2.45) is 5.92 Å². The number of hydrogen-bond acceptors (Lipinski definition) is 2. The molecule has 0 amide bonds. The maximum absolute atomic E-state index is 9.56. The van der Waals surface area contributed by atoms with Crippen LogP contribution in [0.3, 0.4) is 0 Å². The molecule has 1 atom stereocenters. The highest BCUT2D eigenvalue weighted by molar-refractivity contribution is 5.54. The van der Waals surface area contributed by atoms with E-state index in [0.29, 0.717) is 5.70 Å². The third kappa shape index (κ3) is 4.86. The lowest BCUT2D eigenvalue weighted by Gasteiger charge is -2.19. The maximum Gasteiger partial charge on any atom is 0.117 e. The van der Waals surface area contributed by atoms with Gasteiger partial charge in [-0.1, -0.05) is 60.7 Å². The van der Waals surface area contributed by atoms with E-state index in [0.717, 1.165) is 12.1 Å². The summed E-state index contributed by atoms with van der Waals surface area (Å²) in [5.41, 5.74) is 2.95. The van der Waals surface area contributed by atoms with Gasteiger partial charge in [-0.2, -0.15) is 5.26 Å². The molecular weight excluding hydrogens is 280 g/mol. The molecule has 2 aromatic carbocycles. The molecule has 1 unspecified atom stereocenters. The third-order valence-electron chi connectivity index (χ3n) is 3.75. The minimum absolute atomic E-state index is 0.197. The first-order chi connectivity index (χ1) is 11.2. The van der Waals surface area contributed by atoms with Gasteiger partial charge in [0.2, 0.25) is 0 Å². The van der Waals surface area contributed by atoms with Crippen LogP contribution in [0.15, 0.2) is 84.6 Å². The van der Waals surface area contributed by atoms with Crippen LogP contribution < -0.4 is 4.90 Å². The van der Waals surface area contributed by atoms with Crippen LogP contribution >= 0.6 is 0 Å². The van der Waals surface area contributed by atoms with Crippen LogP contribution in [-0.4, -0.2) is 7.05 Å². The Hall–Kier alpha value is -2.79. The highest BCUT2D eigenvalue weighted by Crippen LogP contribution is 2.20. The Kier molecular flexibility index (Phi) is 6.20. The van der Waals surface area contributed by atoms with E-state index in [2.05, 4.69) is 24.3 Å². The zero-order chi connectivity index (χ0) is 16.5. The summed E-state index contributed by atoms with van der Waals surface area (Å²) >= 11 is 0. The average Bonchev–Trinajstić information content (AvgIpc) is 2.61. The molecule has 0 saturated carbocycles. The fourth-order valence-corrected chi connectivity index (χ4v) is 2.53. The van der Waals surface area contributed by atoms with Crippen molar-refractivity contribution in [3.8, 4) is 6.07 Å². The van der Waals surface area contributed by atoms with Gasteiger partial charge in [0.05, 0.1) is 0 Å². The number of rotatable bonds is 6. The molecule has 116 valence electrons. The van der Waals surface area contributed by atoms with Gasteiger partial charge in [-0.25, -0.2) is 0 Å². The van der Waals surface area contributed by atoms with E-state index in [1.165, 1.54) is 5.56 Å². The largest absolute Gasteiger partial charge is 0.336 e. The number of anilines is 1. The highest BCUT2D eigenvalue weighted by atomic mass is 15.1. The second-order valence-corrected chi connectivity index (χ2v) is 5.44. The van der Waals surface area contributed by atoms with Crippen molar-refractivity contribution in [3.05, 3.63) is 90.2 Å². The average molecular weight is 302 g/mol. The fourth-order valence-electron chi connectivity index (χ4n) is 2.53. The van der Waals surface area contributed by atoms with Crippen LogP contribution in [-0.2, 0) is 6.42 Å². The Morgan fingerprint density at radius 3 is 2.26 bits per heavy atom. The molecule has 0 N–H and O–H groups in total. The van der Waals surface area contributed by atoms with Crippen LogP contribution in [0, 0.1) is 17.2 Å². The number of allylic oxidation sites excluding steroid dienone is 4. The Labute approximate surface area is 139 Å². The van der Waals surface area contributed by atoms with E-state index < -0.39 is 0 Å². The van der Waals surface area contributed by atoms with Gasteiger partial charge in [0, 0.05) is 18.7 Å². The summed E-state index contributed by atoms with van der Waals surface area (Å²) in [6, 6.07) is 22.6. The molecule has 0 heterocycles. The van der Waals surface area contributed by atoms with Gasteiger partial charge in [0.15, 0.2) is 0 Å². The second kappa shape index (κ2) is 8.60. The predicted molar refractivity (Wildman–Crippen MR) is 97.0 cm³/mol. The van der Waals surface area contributed by atoms with Gasteiger partial charge in [0.1, 0.15) is 11.8 Å². The molecule has 2 rings (SSSR count). The van der Waals surface area contributed by atoms with Gasteiger partial charge >= 0.3 is 0 Å². The van der Waals surface area contributed by atoms with Gasteiger partial charge in [-0.15, -0.1) is 0 Å². The molecule has 0 aliphatic heterocycles. The minimum Gasteiger partial charge on any atom is -0.336 e. The molecule has 0 aliphatic rings. The Morgan fingerprint density at radius 2 is 1.70 bits per heavy atom. The molecule has 0 aliphatic carbocycles. The summed E-state index contributed by atoms with van der Waals surface area (Å²) in [5, 5.41) is 9.56. The molecule has 0 saturated heterocycles. The van der Waals surface area contributed by atoms with Crippen molar-refractivity contribution in [3.63, 3.8) is 0 Å². The van der Waals surface area contributed by atoms with Crippen LogP contribution in [0.25, 0.3) is 0 Å². The lowest BCUT2D eigenvalue weighted by atomic mass is 9.97. The summed E-state index contributed by atoms with van der Waals surface area (Å²) in [7, 11) is 1.93. The van der Waals surface area contributed by atoms with Crippen molar-refractivity contribution in [1.29, 1.82) is 5.26 Å². The first kappa shape index (κ1) is 16.6. The van der Waals surface area contributed by atoms with E-state index in [-0.39, 0.29) is 5.92 Å². The van der Waals surface area contributed by atoms with Gasteiger partial charge in [0.25, 0.3) is 0 Å². The van der Waals surface area contributed by atoms with Crippen LogP contribution in [0.4, 0.5) is 5.69 Å². The number of para-hydroxylation sites is 1. The lowest BCUT2D eigenvalue weighted by molar-refractivity contribution is 0.794. The summed E-state index contributed by atoms with van der Waals surface area (Å²) in [6.45, 7) is 2.01. The molecule has 0 aromatic heterocycles. The zero-order valence-corrected chi connectivity index (χ0v) is 13.7. The standard InChI is InChI=1S/C21H22N2/c1-3-10-19(15-18-11-6-4-7-12-18)16-21(17-22)23(2)20-13-8-5-9-14-20/h3-14,16,19H,15H2,1-2H3/b10-3+,21-16-. The van der Waals surface area contributed by atoms with E-state index in [9.17, 15) is 5.26 Å². The number of nitrogens with zero attached hydrogens (tertiary/aromatic N) is 2. The molecule has 2 nitrogen and oxygen atoms in total. The summed E-state index contributed by atoms with van der Waals surface area (Å²) < 4.78 is 0. The molecule has 2 heteroatoms. The molecule has 0 radical (unpaired) electrons. The van der Waals surface area contributed by atoms with Crippen LogP contribution in [0.2, 0.25) is 0 Å². The summed E-state index contributed by atoms with van der Waals surface area (Å²) in [4.78, 5) is 1.93. The van der Waals surface area contributed by atoms with E-state index in [1.807, 2.05) is 79.6 Å². The molecule has 0 spiro atoms. The fraction of sp³-hybridized carbons (Fsp3) is 0.190. The van der Waals surface area contributed by atoms with E-state index in [1.54, 1.807) is 0 Å². The molecule has 2 aromatic rings. The van der Waals surface area contributed by atoms with Gasteiger partial charge < -0.3 is 4.90 Å². The SMILES string of the molecule is C/C=C/C(/C=C(/C#N)N(C)c1ccccc1)Cc1ccccc1. The van der Waals surface area contributed by atoms with Crippen LogP contribution in [0.5, 0.6) is 0 Å². The zero-order valence-electron chi connectivity index (χ0n) is 13.7. The van der Waals surface area contributed by atoms with E-state index >= 15 is 0 Å². The number of nitriles is 1. The first-order valence-electron chi connectivity index (χ1n) is 7.82. The number of hydrogen-bond donors (Lipinski definition) is 0. The molecule has 0 bridgehead atoms. The predicted octanol–water partition coefficient (Wildman–Crippen LogP) is 4.97. The smallest absolute Gasteiger partial charge is 0.117 e.